The van der Waals surface area contributed by atoms with Gasteiger partial charge in [0.2, 0.25) is 0 Å². The molecule has 27 heavy (non-hydrogen) atoms. The number of H-pyrrole nitrogens is 1. The molecular formula is C21H21N5O. The number of likely N-dealkylation sites (tertiary alicyclic amines) is 1. The van der Waals surface area contributed by atoms with E-state index in [1.807, 2.05) is 53.6 Å². The molecule has 1 aliphatic heterocycles. The van der Waals surface area contributed by atoms with E-state index in [2.05, 4.69) is 21.5 Å². The van der Waals surface area contributed by atoms with Crippen LogP contribution >= 0.6 is 0 Å². The van der Waals surface area contributed by atoms with Gasteiger partial charge in [-0.3, -0.25) is 4.79 Å². The van der Waals surface area contributed by atoms with Crippen molar-refractivity contribution in [3.8, 4) is 0 Å². The molecule has 1 unspecified atom stereocenters. The summed E-state index contributed by atoms with van der Waals surface area (Å²) >= 11 is 0. The minimum Gasteiger partial charge on any atom is -0.351 e. The first-order valence-electron chi connectivity index (χ1n) is 9.43. The Morgan fingerprint density at radius 2 is 2.15 bits per heavy atom. The van der Waals surface area contributed by atoms with Crippen LogP contribution in [-0.2, 0) is 6.42 Å². The van der Waals surface area contributed by atoms with Gasteiger partial charge in [-0.05, 0) is 30.7 Å². The molecule has 0 aliphatic carbocycles. The van der Waals surface area contributed by atoms with Gasteiger partial charge in [0.25, 0.3) is 5.91 Å². The van der Waals surface area contributed by atoms with Crippen molar-refractivity contribution >= 4 is 28.0 Å². The number of nitrogens with zero attached hydrogens (tertiary/aromatic N) is 4. The van der Waals surface area contributed by atoms with Crippen LogP contribution in [0.1, 0.15) is 35.7 Å². The van der Waals surface area contributed by atoms with Crippen LogP contribution in [0.2, 0.25) is 0 Å². The maximum absolute atomic E-state index is 13.0. The Bertz CT molecular complexity index is 1110. The number of rotatable bonds is 3. The van der Waals surface area contributed by atoms with Crippen LogP contribution in [0.4, 0.5) is 0 Å². The molecule has 0 spiro atoms. The minimum atomic E-state index is 0.0594. The number of aryl methyl sites for hydroxylation is 1. The summed E-state index contributed by atoms with van der Waals surface area (Å²) in [5, 5.41) is 1.06. The SMILES string of the molecule is CCc1nc2cccnc2n1C1CCN(C(=O)c2cc3ccccc3[nH]2)C1. The van der Waals surface area contributed by atoms with Gasteiger partial charge in [0.15, 0.2) is 5.65 Å². The van der Waals surface area contributed by atoms with E-state index in [9.17, 15) is 4.79 Å². The molecule has 3 aromatic heterocycles. The predicted octanol–water partition coefficient (Wildman–Crippen LogP) is 3.56. The number of amides is 1. The van der Waals surface area contributed by atoms with Crippen molar-refractivity contribution in [2.75, 3.05) is 13.1 Å². The zero-order valence-corrected chi connectivity index (χ0v) is 15.2. The van der Waals surface area contributed by atoms with Crippen molar-refractivity contribution in [3.05, 3.63) is 60.2 Å². The summed E-state index contributed by atoms with van der Waals surface area (Å²) in [7, 11) is 0. The predicted molar refractivity (Wildman–Crippen MR) is 105 cm³/mol. The molecule has 1 aromatic carbocycles. The molecule has 4 aromatic rings. The highest BCUT2D eigenvalue weighted by Crippen LogP contribution is 2.28. The molecule has 1 N–H and O–H groups in total. The fraction of sp³-hybridized carbons (Fsp3) is 0.286. The number of imidazole rings is 1. The Balaban J connectivity index is 1.44. The second-order valence-corrected chi connectivity index (χ2v) is 7.06. The lowest BCUT2D eigenvalue weighted by Crippen LogP contribution is -2.29. The van der Waals surface area contributed by atoms with Gasteiger partial charge in [-0.1, -0.05) is 25.1 Å². The molecule has 1 fully saturated rings. The third-order valence-electron chi connectivity index (χ3n) is 5.41. The van der Waals surface area contributed by atoms with Crippen molar-refractivity contribution in [1.82, 2.24) is 24.4 Å². The van der Waals surface area contributed by atoms with Crippen molar-refractivity contribution in [3.63, 3.8) is 0 Å². The van der Waals surface area contributed by atoms with Crippen molar-refractivity contribution < 1.29 is 4.79 Å². The van der Waals surface area contributed by atoms with Gasteiger partial charge in [-0.15, -0.1) is 0 Å². The highest BCUT2D eigenvalue weighted by molar-refractivity contribution is 5.98. The lowest BCUT2D eigenvalue weighted by Gasteiger charge is -2.18. The third-order valence-corrected chi connectivity index (χ3v) is 5.41. The van der Waals surface area contributed by atoms with E-state index in [4.69, 9.17) is 4.98 Å². The number of para-hydroxylation sites is 1. The van der Waals surface area contributed by atoms with Crippen LogP contribution in [-0.4, -0.2) is 43.4 Å². The lowest BCUT2D eigenvalue weighted by molar-refractivity contribution is 0.0783. The summed E-state index contributed by atoms with van der Waals surface area (Å²) in [6.07, 6.45) is 3.58. The van der Waals surface area contributed by atoms with E-state index in [1.165, 1.54) is 0 Å². The average Bonchev–Trinajstić information content (AvgIpc) is 3.42. The second kappa shape index (κ2) is 6.23. The number of aromatic amines is 1. The molecule has 4 heterocycles. The number of hydrogen-bond acceptors (Lipinski definition) is 3. The van der Waals surface area contributed by atoms with Crippen LogP contribution in [0, 0.1) is 0 Å². The van der Waals surface area contributed by atoms with Gasteiger partial charge in [-0.2, -0.15) is 0 Å². The number of pyridine rings is 1. The standard InChI is InChI=1S/C21H21N5O/c1-2-19-24-17-8-5-10-22-20(17)26(19)15-9-11-25(13-15)21(27)18-12-14-6-3-4-7-16(14)23-18/h3-8,10,12,15,23H,2,9,11,13H2,1H3. The maximum atomic E-state index is 13.0. The van der Waals surface area contributed by atoms with Gasteiger partial charge >= 0.3 is 0 Å². The first-order valence-corrected chi connectivity index (χ1v) is 9.43. The van der Waals surface area contributed by atoms with E-state index >= 15 is 0 Å². The quantitative estimate of drug-likeness (QED) is 0.608. The Labute approximate surface area is 156 Å². The molecule has 5 rings (SSSR count). The zero-order chi connectivity index (χ0) is 18.4. The van der Waals surface area contributed by atoms with E-state index in [0.29, 0.717) is 12.2 Å². The van der Waals surface area contributed by atoms with Gasteiger partial charge in [0, 0.05) is 36.6 Å². The second-order valence-electron chi connectivity index (χ2n) is 7.06. The summed E-state index contributed by atoms with van der Waals surface area (Å²) in [5.41, 5.74) is 3.49. The first-order chi connectivity index (χ1) is 13.2. The minimum absolute atomic E-state index is 0.0594. The van der Waals surface area contributed by atoms with Crippen molar-refractivity contribution in [2.45, 2.75) is 25.8 Å². The smallest absolute Gasteiger partial charge is 0.270 e. The number of benzene rings is 1. The fourth-order valence-electron chi connectivity index (χ4n) is 4.11. The summed E-state index contributed by atoms with van der Waals surface area (Å²) < 4.78 is 2.23. The zero-order valence-electron chi connectivity index (χ0n) is 15.2. The summed E-state index contributed by atoms with van der Waals surface area (Å²) in [6.45, 7) is 3.54. The number of hydrogen-bond donors (Lipinski definition) is 1. The normalized spacial score (nSPS) is 17.2. The topological polar surface area (TPSA) is 66.8 Å². The van der Waals surface area contributed by atoms with Gasteiger partial charge in [0.05, 0.1) is 6.04 Å². The molecule has 1 amide bonds. The first kappa shape index (κ1) is 16.1. The molecule has 136 valence electrons. The van der Waals surface area contributed by atoms with E-state index < -0.39 is 0 Å². The van der Waals surface area contributed by atoms with Gasteiger partial charge in [-0.25, -0.2) is 9.97 Å². The highest BCUT2D eigenvalue weighted by Gasteiger charge is 2.31. The van der Waals surface area contributed by atoms with Crippen LogP contribution in [0.15, 0.2) is 48.7 Å². The summed E-state index contributed by atoms with van der Waals surface area (Å²) in [6, 6.07) is 14.0. The molecular weight excluding hydrogens is 338 g/mol. The number of carbonyl (C=O) groups excluding carboxylic acids is 1. The summed E-state index contributed by atoms with van der Waals surface area (Å²) in [4.78, 5) is 27.5. The van der Waals surface area contributed by atoms with Gasteiger partial charge < -0.3 is 14.5 Å². The largest absolute Gasteiger partial charge is 0.351 e. The number of nitrogens with one attached hydrogen (secondary N) is 1. The maximum Gasteiger partial charge on any atom is 0.270 e. The van der Waals surface area contributed by atoms with Crippen LogP contribution in [0.5, 0.6) is 0 Å². The van der Waals surface area contributed by atoms with Crippen LogP contribution in [0.25, 0.3) is 22.1 Å². The molecule has 1 atom stereocenters. The summed E-state index contributed by atoms with van der Waals surface area (Å²) in [5.74, 6) is 1.10. The van der Waals surface area contributed by atoms with Crippen LogP contribution < -0.4 is 0 Å². The van der Waals surface area contributed by atoms with Crippen molar-refractivity contribution in [2.24, 2.45) is 0 Å². The van der Waals surface area contributed by atoms with Crippen molar-refractivity contribution in [1.29, 1.82) is 0 Å². The number of fused-ring (bicyclic) bond motifs is 2. The molecule has 1 saturated heterocycles. The molecule has 1 aliphatic rings. The monoisotopic (exact) mass is 359 g/mol. The lowest BCUT2D eigenvalue weighted by atomic mass is 10.2. The van der Waals surface area contributed by atoms with E-state index in [0.717, 1.165) is 47.3 Å². The molecule has 0 radical (unpaired) electrons. The number of aromatic nitrogens is 4. The van der Waals surface area contributed by atoms with Gasteiger partial charge in [0.1, 0.15) is 17.0 Å². The highest BCUT2D eigenvalue weighted by atomic mass is 16.2. The number of carbonyl (C=O) groups is 1. The Morgan fingerprint density at radius 1 is 1.26 bits per heavy atom. The Morgan fingerprint density at radius 3 is 3.00 bits per heavy atom. The Kier molecular flexibility index (Phi) is 3.70. The van der Waals surface area contributed by atoms with E-state index in [-0.39, 0.29) is 11.9 Å². The fourth-order valence-corrected chi connectivity index (χ4v) is 4.11. The third kappa shape index (κ3) is 2.60. The average molecular weight is 359 g/mol. The van der Waals surface area contributed by atoms with Crippen LogP contribution in [0.3, 0.4) is 0 Å². The Hall–Kier alpha value is -3.15. The molecule has 6 nitrogen and oxygen atoms in total. The van der Waals surface area contributed by atoms with E-state index in [1.54, 1.807) is 0 Å². The molecule has 0 bridgehead atoms. The molecule has 6 heteroatoms. The molecule has 0 saturated carbocycles.